The largest absolute Gasteiger partial charge is 0.497 e. The molecule has 1 fully saturated rings. The second-order valence-corrected chi connectivity index (χ2v) is 6.56. The number of thiazole rings is 1. The number of hydrogen-bond acceptors (Lipinski definition) is 7. The van der Waals surface area contributed by atoms with Crippen molar-refractivity contribution in [3.8, 4) is 5.75 Å². The summed E-state index contributed by atoms with van der Waals surface area (Å²) in [4.78, 5) is 32.8. The number of rotatable bonds is 5. The maximum absolute atomic E-state index is 12.1. The molecule has 1 aromatic heterocycles. The van der Waals surface area contributed by atoms with Crippen molar-refractivity contribution in [2.45, 2.75) is 0 Å². The van der Waals surface area contributed by atoms with Gasteiger partial charge in [-0.2, -0.15) is 0 Å². The fourth-order valence-corrected chi connectivity index (χ4v) is 3.35. The van der Waals surface area contributed by atoms with E-state index >= 15 is 0 Å². The van der Waals surface area contributed by atoms with Gasteiger partial charge in [0.2, 0.25) is 5.91 Å². The highest BCUT2D eigenvalue weighted by Gasteiger charge is 2.21. The van der Waals surface area contributed by atoms with E-state index in [-0.39, 0.29) is 12.5 Å². The molecule has 0 saturated carbocycles. The highest BCUT2D eigenvalue weighted by molar-refractivity contribution is 7.13. The zero-order valence-corrected chi connectivity index (χ0v) is 14.8. The number of methoxy groups -OCH3 is 1. The van der Waals surface area contributed by atoms with Crippen LogP contribution in [0.3, 0.4) is 0 Å². The van der Waals surface area contributed by atoms with E-state index in [4.69, 9.17) is 4.74 Å². The molecule has 1 saturated heterocycles. The Morgan fingerprint density at radius 1 is 1.20 bits per heavy atom. The van der Waals surface area contributed by atoms with Crippen LogP contribution in [0.5, 0.6) is 5.75 Å². The Balaban J connectivity index is 1.45. The summed E-state index contributed by atoms with van der Waals surface area (Å²) in [5.41, 5.74) is 0.433. The Hall–Kier alpha value is -2.45. The van der Waals surface area contributed by atoms with E-state index in [0.29, 0.717) is 11.3 Å². The lowest BCUT2D eigenvalue weighted by atomic mass is 10.2. The lowest BCUT2D eigenvalue weighted by Crippen LogP contribution is -2.50. The summed E-state index contributed by atoms with van der Waals surface area (Å²) in [6.07, 6.45) is 1.80. The van der Waals surface area contributed by atoms with Crippen LogP contribution < -0.4 is 15.0 Å². The van der Waals surface area contributed by atoms with Gasteiger partial charge >= 0.3 is 0 Å². The number of anilines is 1. The van der Waals surface area contributed by atoms with Crippen LogP contribution in [-0.4, -0.2) is 61.5 Å². The predicted octanol–water partition coefficient (Wildman–Crippen LogP) is 1.23. The highest BCUT2D eigenvalue weighted by Crippen LogP contribution is 2.18. The molecular weight excluding hydrogens is 340 g/mol. The molecule has 0 unspecified atom stereocenters. The number of amides is 2. The van der Waals surface area contributed by atoms with Gasteiger partial charge in [0.15, 0.2) is 5.13 Å². The van der Waals surface area contributed by atoms with E-state index in [0.717, 1.165) is 31.3 Å². The van der Waals surface area contributed by atoms with Crippen molar-refractivity contribution < 1.29 is 14.3 Å². The number of carbonyl (C=O) groups excluding carboxylic acids is 2. The Morgan fingerprint density at radius 3 is 2.52 bits per heavy atom. The molecule has 2 heterocycles. The molecule has 0 atom stereocenters. The lowest BCUT2D eigenvalue weighted by molar-refractivity contribution is -0.121. The van der Waals surface area contributed by atoms with Gasteiger partial charge in [0, 0.05) is 43.3 Å². The third-order valence-corrected chi connectivity index (χ3v) is 4.87. The van der Waals surface area contributed by atoms with Crippen molar-refractivity contribution in [2.24, 2.45) is 0 Å². The molecule has 0 aliphatic carbocycles. The number of benzene rings is 1. The van der Waals surface area contributed by atoms with Gasteiger partial charge in [0.1, 0.15) is 5.75 Å². The molecule has 0 radical (unpaired) electrons. The van der Waals surface area contributed by atoms with Crippen molar-refractivity contribution in [3.05, 3.63) is 41.4 Å². The molecule has 2 aromatic rings. The van der Waals surface area contributed by atoms with Crippen LogP contribution in [0.25, 0.3) is 0 Å². The monoisotopic (exact) mass is 360 g/mol. The number of aromatic nitrogens is 1. The van der Waals surface area contributed by atoms with Gasteiger partial charge in [-0.3, -0.25) is 19.8 Å². The van der Waals surface area contributed by atoms with Crippen LogP contribution in [0.15, 0.2) is 35.8 Å². The molecule has 1 aromatic carbocycles. The lowest BCUT2D eigenvalue weighted by Gasteiger charge is -2.33. The summed E-state index contributed by atoms with van der Waals surface area (Å²) in [7, 11) is 1.56. The van der Waals surface area contributed by atoms with Crippen LogP contribution in [0, 0.1) is 0 Å². The Bertz CT molecular complexity index is 710. The summed E-state index contributed by atoms with van der Waals surface area (Å²) in [6.45, 7) is 3.40. The molecule has 7 nitrogen and oxygen atoms in total. The molecule has 2 amide bonds. The molecule has 0 spiro atoms. The zero-order chi connectivity index (χ0) is 17.6. The number of carbonyl (C=O) groups is 2. The average molecular weight is 360 g/mol. The first kappa shape index (κ1) is 17.4. The standard InChI is InChI=1S/C17H20N4O3S/c1-24-14-4-2-13(3-5-14)16(23)19-15(22)12-20-7-9-21(10-8-20)17-18-6-11-25-17/h2-6,11H,7-10,12H2,1H3,(H,19,22,23). The maximum Gasteiger partial charge on any atom is 0.257 e. The minimum atomic E-state index is -0.394. The molecule has 1 aliphatic rings. The van der Waals surface area contributed by atoms with Gasteiger partial charge in [0.05, 0.1) is 13.7 Å². The Labute approximate surface area is 150 Å². The van der Waals surface area contributed by atoms with Crippen LogP contribution >= 0.6 is 11.3 Å². The number of imide groups is 1. The van der Waals surface area contributed by atoms with E-state index in [1.165, 1.54) is 0 Å². The van der Waals surface area contributed by atoms with E-state index in [9.17, 15) is 9.59 Å². The van der Waals surface area contributed by atoms with E-state index in [1.54, 1.807) is 48.9 Å². The fourth-order valence-electron chi connectivity index (χ4n) is 2.65. The van der Waals surface area contributed by atoms with Gasteiger partial charge in [-0.05, 0) is 24.3 Å². The van der Waals surface area contributed by atoms with Gasteiger partial charge in [-0.25, -0.2) is 4.98 Å². The number of nitrogens with one attached hydrogen (secondary N) is 1. The molecule has 3 rings (SSSR count). The third kappa shape index (κ3) is 4.55. The SMILES string of the molecule is COc1ccc(C(=O)NC(=O)CN2CCN(c3nccs3)CC2)cc1. The van der Waals surface area contributed by atoms with Crippen molar-refractivity contribution in [1.82, 2.24) is 15.2 Å². The van der Waals surface area contributed by atoms with Crippen molar-refractivity contribution in [3.63, 3.8) is 0 Å². The summed E-state index contributed by atoms with van der Waals surface area (Å²) >= 11 is 1.62. The molecular formula is C17H20N4O3S. The van der Waals surface area contributed by atoms with Gasteiger partial charge in [-0.1, -0.05) is 0 Å². The van der Waals surface area contributed by atoms with Crippen LogP contribution in [0.2, 0.25) is 0 Å². The molecule has 132 valence electrons. The van der Waals surface area contributed by atoms with Gasteiger partial charge in [-0.15, -0.1) is 11.3 Å². The fraction of sp³-hybridized carbons (Fsp3) is 0.353. The zero-order valence-electron chi connectivity index (χ0n) is 14.0. The number of hydrogen-bond donors (Lipinski definition) is 1. The van der Waals surface area contributed by atoms with Gasteiger partial charge in [0.25, 0.3) is 5.91 Å². The molecule has 8 heteroatoms. The Morgan fingerprint density at radius 2 is 1.92 bits per heavy atom. The average Bonchev–Trinajstić information content (AvgIpc) is 3.17. The molecule has 0 bridgehead atoms. The van der Waals surface area contributed by atoms with E-state index in [2.05, 4.69) is 15.2 Å². The van der Waals surface area contributed by atoms with Gasteiger partial charge < -0.3 is 9.64 Å². The first-order valence-corrected chi connectivity index (χ1v) is 8.88. The molecule has 1 N–H and O–H groups in total. The second kappa shape index (κ2) is 8.09. The van der Waals surface area contributed by atoms with E-state index < -0.39 is 5.91 Å². The second-order valence-electron chi connectivity index (χ2n) is 5.68. The Kier molecular flexibility index (Phi) is 5.62. The molecule has 25 heavy (non-hydrogen) atoms. The highest BCUT2D eigenvalue weighted by atomic mass is 32.1. The first-order chi connectivity index (χ1) is 12.2. The summed E-state index contributed by atoms with van der Waals surface area (Å²) in [5, 5.41) is 5.41. The summed E-state index contributed by atoms with van der Waals surface area (Å²) in [5.74, 6) is -0.0152. The predicted molar refractivity (Wildman–Crippen MR) is 96.2 cm³/mol. The normalized spacial score (nSPS) is 15.0. The van der Waals surface area contributed by atoms with Crippen molar-refractivity contribution in [1.29, 1.82) is 0 Å². The number of ether oxygens (including phenoxy) is 1. The van der Waals surface area contributed by atoms with Crippen LogP contribution in [-0.2, 0) is 4.79 Å². The van der Waals surface area contributed by atoms with Crippen LogP contribution in [0.4, 0.5) is 5.13 Å². The molecule has 1 aliphatic heterocycles. The van der Waals surface area contributed by atoms with Crippen molar-refractivity contribution in [2.75, 3.05) is 44.7 Å². The number of piperazine rings is 1. The minimum Gasteiger partial charge on any atom is -0.497 e. The smallest absolute Gasteiger partial charge is 0.257 e. The topological polar surface area (TPSA) is 74.8 Å². The minimum absolute atomic E-state index is 0.216. The van der Waals surface area contributed by atoms with E-state index in [1.807, 2.05) is 10.3 Å². The maximum atomic E-state index is 12.1. The third-order valence-electron chi connectivity index (χ3n) is 4.03. The quantitative estimate of drug-likeness (QED) is 0.864. The number of nitrogens with zero attached hydrogens (tertiary/aromatic N) is 3. The summed E-state index contributed by atoms with van der Waals surface area (Å²) < 4.78 is 5.05. The van der Waals surface area contributed by atoms with Crippen LogP contribution in [0.1, 0.15) is 10.4 Å². The van der Waals surface area contributed by atoms with Crippen molar-refractivity contribution >= 4 is 28.3 Å². The first-order valence-electron chi connectivity index (χ1n) is 8.01. The summed E-state index contributed by atoms with van der Waals surface area (Å²) in [6, 6.07) is 6.65.